The first-order valence-electron chi connectivity index (χ1n) is 5.33. The average molecular weight is 253 g/mol. The highest BCUT2D eigenvalue weighted by atomic mass is 32.1. The van der Waals surface area contributed by atoms with Crippen molar-refractivity contribution in [3.8, 4) is 0 Å². The summed E-state index contributed by atoms with van der Waals surface area (Å²) >= 11 is 1.51. The van der Waals surface area contributed by atoms with E-state index in [1.807, 2.05) is 13.8 Å². The van der Waals surface area contributed by atoms with E-state index in [2.05, 4.69) is 9.72 Å². The lowest BCUT2D eigenvalue weighted by atomic mass is 10.2. The molecule has 1 aromatic heterocycles. The summed E-state index contributed by atoms with van der Waals surface area (Å²) in [5, 5.41) is 0.776. The molecular weight excluding hydrogens is 238 g/mol. The fourth-order valence-electron chi connectivity index (χ4n) is 1.17. The van der Waals surface area contributed by atoms with E-state index < -0.39 is 5.97 Å². The normalized spacial score (nSPS) is 10.8. The van der Waals surface area contributed by atoms with Gasteiger partial charge in [-0.3, -0.25) is 4.79 Å². The monoisotopic (exact) mass is 253 g/mol. The highest BCUT2D eigenvalue weighted by Gasteiger charge is 2.07. The molecule has 1 rings (SSSR count). The molecular formula is C12H15NO3S. The molecule has 0 saturated carbocycles. The number of rotatable bonds is 5. The van der Waals surface area contributed by atoms with Crippen LogP contribution in [0.25, 0.3) is 0 Å². The number of hydrogen-bond acceptors (Lipinski definition) is 5. The summed E-state index contributed by atoms with van der Waals surface area (Å²) < 4.78 is 4.67. The third kappa shape index (κ3) is 4.48. The van der Waals surface area contributed by atoms with E-state index in [9.17, 15) is 9.59 Å². The Hall–Kier alpha value is -1.49. The Morgan fingerprint density at radius 1 is 1.35 bits per heavy atom. The Balaban J connectivity index is 2.52. The second-order valence-corrected chi connectivity index (χ2v) is 4.77. The minimum Gasteiger partial charge on any atom is -0.463 e. The van der Waals surface area contributed by atoms with Crippen LogP contribution in [0.2, 0.25) is 0 Å². The quantitative estimate of drug-likeness (QED) is 0.595. The number of ketones is 1. The number of hydrogen-bond donors (Lipinski definition) is 0. The summed E-state index contributed by atoms with van der Waals surface area (Å²) in [7, 11) is 0. The number of allylic oxidation sites excluding steroid dienone is 1. The molecule has 17 heavy (non-hydrogen) atoms. The molecule has 0 atom stereocenters. The van der Waals surface area contributed by atoms with Crippen LogP contribution in [0.4, 0.5) is 0 Å². The molecule has 0 spiro atoms. The Labute approximate surface area is 104 Å². The van der Waals surface area contributed by atoms with Gasteiger partial charge in [-0.2, -0.15) is 0 Å². The van der Waals surface area contributed by atoms with Crippen LogP contribution in [0.1, 0.15) is 22.5 Å². The van der Waals surface area contributed by atoms with Crippen molar-refractivity contribution in [2.45, 2.75) is 27.2 Å². The van der Waals surface area contributed by atoms with Gasteiger partial charge in [0.2, 0.25) is 0 Å². The van der Waals surface area contributed by atoms with Crippen LogP contribution in [0.15, 0.2) is 12.2 Å². The maximum Gasteiger partial charge on any atom is 0.330 e. The molecule has 0 aliphatic rings. The molecule has 0 saturated heterocycles. The van der Waals surface area contributed by atoms with Gasteiger partial charge in [0.25, 0.3) is 0 Å². The van der Waals surface area contributed by atoms with E-state index in [1.165, 1.54) is 17.4 Å². The number of thiazole rings is 1. The lowest BCUT2D eigenvalue weighted by Gasteiger charge is -1.94. The number of carbonyl (C=O) groups excluding carboxylic acids is 2. The third-order valence-corrected chi connectivity index (χ3v) is 3.16. The molecule has 5 heteroatoms. The molecule has 0 unspecified atom stereocenters. The largest absolute Gasteiger partial charge is 0.463 e. The van der Waals surface area contributed by atoms with Gasteiger partial charge in [0, 0.05) is 11.0 Å². The maximum atomic E-state index is 11.5. The van der Waals surface area contributed by atoms with Crippen LogP contribution in [0, 0.1) is 13.8 Å². The van der Waals surface area contributed by atoms with Gasteiger partial charge in [0.15, 0.2) is 5.78 Å². The van der Waals surface area contributed by atoms with E-state index >= 15 is 0 Å². The van der Waals surface area contributed by atoms with Gasteiger partial charge in [0.1, 0.15) is 5.01 Å². The number of ether oxygens (including phenoxy) is 1. The second kappa shape index (κ2) is 6.30. The molecule has 1 aromatic rings. The molecule has 0 aliphatic heterocycles. The molecule has 0 N–H and O–H groups in total. The molecule has 0 radical (unpaired) electrons. The molecule has 0 aromatic carbocycles. The van der Waals surface area contributed by atoms with Crippen LogP contribution in [-0.2, 0) is 20.7 Å². The van der Waals surface area contributed by atoms with Crippen molar-refractivity contribution >= 4 is 23.1 Å². The number of carbonyl (C=O) groups is 2. The van der Waals surface area contributed by atoms with E-state index in [1.54, 1.807) is 6.92 Å². The van der Waals surface area contributed by atoms with Gasteiger partial charge in [-0.1, -0.05) is 0 Å². The van der Waals surface area contributed by atoms with Crippen molar-refractivity contribution in [1.82, 2.24) is 4.98 Å². The van der Waals surface area contributed by atoms with Crippen molar-refractivity contribution in [3.05, 3.63) is 27.7 Å². The third-order valence-electron chi connectivity index (χ3n) is 2.09. The molecule has 92 valence electrons. The summed E-state index contributed by atoms with van der Waals surface area (Å²) in [6, 6.07) is 0. The van der Waals surface area contributed by atoms with E-state index in [0.717, 1.165) is 21.7 Å². The first-order chi connectivity index (χ1) is 8.02. The number of aromatic nitrogens is 1. The SMILES string of the molecule is CCOC(=O)/C=C/C(=O)Cc1nc(C)c(C)s1. The Bertz CT molecular complexity index is 429. The van der Waals surface area contributed by atoms with Gasteiger partial charge < -0.3 is 4.74 Å². The lowest BCUT2D eigenvalue weighted by molar-refractivity contribution is -0.137. The predicted octanol–water partition coefficient (Wildman–Crippen LogP) is 1.99. The predicted molar refractivity (Wildman–Crippen MR) is 66.1 cm³/mol. The second-order valence-electron chi connectivity index (χ2n) is 3.48. The number of esters is 1. The summed E-state index contributed by atoms with van der Waals surface area (Å²) in [6.45, 7) is 5.90. The summed E-state index contributed by atoms with van der Waals surface area (Å²) in [5.41, 5.74) is 0.951. The van der Waals surface area contributed by atoms with Crippen molar-refractivity contribution in [1.29, 1.82) is 0 Å². The smallest absolute Gasteiger partial charge is 0.330 e. The summed E-state index contributed by atoms with van der Waals surface area (Å²) in [5.74, 6) is -0.640. The summed E-state index contributed by atoms with van der Waals surface area (Å²) in [6.07, 6.45) is 2.62. The van der Waals surface area contributed by atoms with E-state index in [4.69, 9.17) is 0 Å². The first kappa shape index (κ1) is 13.6. The van der Waals surface area contributed by atoms with Crippen molar-refractivity contribution in [3.63, 3.8) is 0 Å². The zero-order valence-electron chi connectivity index (χ0n) is 10.1. The zero-order valence-corrected chi connectivity index (χ0v) is 11.0. The summed E-state index contributed by atoms with van der Waals surface area (Å²) in [4.78, 5) is 27.9. The van der Waals surface area contributed by atoms with E-state index in [0.29, 0.717) is 6.61 Å². The van der Waals surface area contributed by atoms with Gasteiger partial charge >= 0.3 is 5.97 Å². The van der Waals surface area contributed by atoms with Crippen molar-refractivity contribution in [2.24, 2.45) is 0 Å². The Kier molecular flexibility index (Phi) is 5.03. The molecule has 0 bridgehead atoms. The molecule has 0 aliphatic carbocycles. The van der Waals surface area contributed by atoms with E-state index in [-0.39, 0.29) is 12.2 Å². The van der Waals surface area contributed by atoms with Crippen molar-refractivity contribution in [2.75, 3.05) is 6.61 Å². The Morgan fingerprint density at radius 2 is 2.06 bits per heavy atom. The standard InChI is InChI=1S/C12H15NO3S/c1-4-16-12(15)6-5-10(14)7-11-13-8(2)9(3)17-11/h5-6H,4,7H2,1-3H3/b6-5+. The van der Waals surface area contributed by atoms with Crippen LogP contribution < -0.4 is 0 Å². The average Bonchev–Trinajstić information content (AvgIpc) is 2.55. The highest BCUT2D eigenvalue weighted by Crippen LogP contribution is 2.16. The molecule has 1 heterocycles. The van der Waals surface area contributed by atoms with Gasteiger partial charge in [-0.25, -0.2) is 9.78 Å². The van der Waals surface area contributed by atoms with Crippen molar-refractivity contribution < 1.29 is 14.3 Å². The van der Waals surface area contributed by atoms with Gasteiger partial charge in [-0.15, -0.1) is 11.3 Å². The topological polar surface area (TPSA) is 56.3 Å². The first-order valence-corrected chi connectivity index (χ1v) is 6.15. The minimum atomic E-state index is -0.493. The van der Waals surface area contributed by atoms with Crippen LogP contribution in [0.5, 0.6) is 0 Å². The van der Waals surface area contributed by atoms with Crippen LogP contribution in [0.3, 0.4) is 0 Å². The fraction of sp³-hybridized carbons (Fsp3) is 0.417. The molecule has 0 amide bonds. The van der Waals surface area contributed by atoms with Gasteiger partial charge in [-0.05, 0) is 26.8 Å². The highest BCUT2D eigenvalue weighted by molar-refractivity contribution is 7.11. The van der Waals surface area contributed by atoms with Gasteiger partial charge in [0.05, 0.1) is 18.7 Å². The number of nitrogens with zero attached hydrogens (tertiary/aromatic N) is 1. The molecule has 4 nitrogen and oxygen atoms in total. The Morgan fingerprint density at radius 3 is 2.59 bits per heavy atom. The lowest BCUT2D eigenvalue weighted by Crippen LogP contribution is -2.03. The zero-order chi connectivity index (χ0) is 12.8. The number of aryl methyl sites for hydroxylation is 2. The van der Waals surface area contributed by atoms with Crippen LogP contribution >= 0.6 is 11.3 Å². The fourth-order valence-corrected chi connectivity index (χ4v) is 2.12. The van der Waals surface area contributed by atoms with Crippen LogP contribution in [-0.4, -0.2) is 23.3 Å². The minimum absolute atomic E-state index is 0.146. The molecule has 0 fully saturated rings. The maximum absolute atomic E-state index is 11.5.